The van der Waals surface area contributed by atoms with Gasteiger partial charge in [0.2, 0.25) is 17.6 Å². The molecule has 0 aromatic carbocycles. The van der Waals surface area contributed by atoms with Gasteiger partial charge in [0.15, 0.2) is 0 Å². The maximum absolute atomic E-state index is 14.9. The molecule has 13 nitrogen and oxygen atoms in total. The second-order valence-electron chi connectivity index (χ2n) is 17.8. The number of rotatable bonds is 18. The third-order valence-electron chi connectivity index (χ3n) is 11.9. The summed E-state index contributed by atoms with van der Waals surface area (Å²) in [6.07, 6.45) is 11.1. The van der Waals surface area contributed by atoms with Gasteiger partial charge in [0.25, 0.3) is 5.91 Å². The zero-order valence-corrected chi connectivity index (χ0v) is 33.0. The molecule has 298 valence electrons. The molecule has 53 heavy (non-hydrogen) atoms. The molecule has 3 saturated carbocycles. The Morgan fingerprint density at radius 3 is 2.17 bits per heavy atom. The predicted molar refractivity (Wildman–Crippen MR) is 203 cm³/mol. The van der Waals surface area contributed by atoms with Crippen molar-refractivity contribution in [2.24, 2.45) is 34.5 Å². The highest BCUT2D eigenvalue weighted by molar-refractivity contribution is 6.38. The van der Waals surface area contributed by atoms with Gasteiger partial charge in [-0.1, -0.05) is 79.7 Å². The van der Waals surface area contributed by atoms with Crippen molar-refractivity contribution in [3.8, 4) is 0 Å². The van der Waals surface area contributed by atoms with Crippen LogP contribution in [0.25, 0.3) is 0 Å². The van der Waals surface area contributed by atoms with Crippen molar-refractivity contribution in [1.29, 1.82) is 0 Å². The second-order valence-corrected chi connectivity index (χ2v) is 17.8. The summed E-state index contributed by atoms with van der Waals surface area (Å²) < 4.78 is 5.50. The molecule has 4 fully saturated rings. The van der Waals surface area contributed by atoms with E-state index in [1.807, 2.05) is 27.7 Å². The van der Waals surface area contributed by atoms with Gasteiger partial charge in [-0.25, -0.2) is 9.59 Å². The maximum Gasteiger partial charge on any atom is 0.407 e. The first-order valence-corrected chi connectivity index (χ1v) is 20.0. The summed E-state index contributed by atoms with van der Waals surface area (Å²) >= 11 is 0. The van der Waals surface area contributed by atoms with Crippen molar-refractivity contribution in [1.82, 2.24) is 31.5 Å². The van der Waals surface area contributed by atoms with E-state index >= 15 is 0 Å². The van der Waals surface area contributed by atoms with Crippen LogP contribution in [0, 0.1) is 34.5 Å². The Labute approximate surface area is 316 Å². The number of hydrogen-bond acceptors (Lipinski definition) is 7. The highest BCUT2D eigenvalue weighted by Crippen LogP contribution is 2.41. The summed E-state index contributed by atoms with van der Waals surface area (Å²) in [5.41, 5.74) is -1.03. The number of nitrogens with zero attached hydrogens (tertiary/aromatic N) is 1. The molecule has 6 amide bonds. The number of carbonyl (C=O) groups excluding carboxylic acids is 6. The van der Waals surface area contributed by atoms with E-state index in [-0.39, 0.29) is 30.9 Å². The van der Waals surface area contributed by atoms with Crippen LogP contribution in [0.5, 0.6) is 0 Å². The first kappa shape index (κ1) is 42.1. The van der Waals surface area contributed by atoms with Crippen LogP contribution in [0.2, 0.25) is 0 Å². The number of alkyl carbamates (subject to hydrolysis) is 1. The minimum absolute atomic E-state index is 0.0216. The summed E-state index contributed by atoms with van der Waals surface area (Å²) in [4.78, 5) is 82.8. The van der Waals surface area contributed by atoms with Crippen LogP contribution in [-0.2, 0) is 23.9 Å². The fourth-order valence-electron chi connectivity index (χ4n) is 7.55. The van der Waals surface area contributed by atoms with Crippen molar-refractivity contribution in [2.45, 2.75) is 143 Å². The van der Waals surface area contributed by atoms with Crippen LogP contribution in [-0.4, -0.2) is 90.9 Å². The summed E-state index contributed by atoms with van der Waals surface area (Å²) in [6, 6.07) is -3.90. The number of amides is 6. The molecule has 4 rings (SSSR count). The van der Waals surface area contributed by atoms with E-state index in [4.69, 9.17) is 4.74 Å². The van der Waals surface area contributed by atoms with E-state index in [0.29, 0.717) is 37.8 Å². The van der Waals surface area contributed by atoms with Gasteiger partial charge in [-0.05, 0) is 79.4 Å². The van der Waals surface area contributed by atoms with Gasteiger partial charge in [0.05, 0.1) is 12.1 Å². The lowest BCUT2D eigenvalue weighted by Crippen LogP contribution is -2.62. The van der Waals surface area contributed by atoms with E-state index in [9.17, 15) is 28.8 Å². The minimum atomic E-state index is -1.01. The number of ether oxygens (including phenoxy) is 1. The van der Waals surface area contributed by atoms with E-state index in [2.05, 4.69) is 47.0 Å². The molecule has 1 aliphatic heterocycles. The number of nitrogens with one attached hydrogen (secondary N) is 5. The van der Waals surface area contributed by atoms with Crippen LogP contribution < -0.4 is 26.6 Å². The molecule has 0 aromatic rings. The summed E-state index contributed by atoms with van der Waals surface area (Å²) in [5.74, 6) is -1.10. The first-order valence-electron chi connectivity index (χ1n) is 20.0. The molecular weight excluding hydrogens is 676 g/mol. The normalized spacial score (nSPS) is 22.9. The largest absolute Gasteiger partial charge is 0.447 e. The molecular formula is C40H66N6O7. The molecule has 3 unspecified atom stereocenters. The molecule has 13 heteroatoms. The van der Waals surface area contributed by atoms with Crippen LogP contribution in [0.1, 0.15) is 119 Å². The molecule has 0 spiro atoms. The van der Waals surface area contributed by atoms with Crippen molar-refractivity contribution >= 4 is 35.6 Å². The Balaban J connectivity index is 1.53. The molecule has 1 heterocycles. The Hall–Kier alpha value is -3.64. The highest BCUT2D eigenvalue weighted by Gasteiger charge is 2.49. The molecule has 4 aliphatic rings. The van der Waals surface area contributed by atoms with Crippen LogP contribution in [0.4, 0.5) is 9.59 Å². The number of Topliss-reactive ketones (excluding diaryl/α,β-unsaturated/α-hetero) is 1. The molecule has 3 aliphatic carbocycles. The zero-order chi connectivity index (χ0) is 38.9. The van der Waals surface area contributed by atoms with E-state index in [0.717, 1.165) is 64.2 Å². The topological polar surface area (TPSA) is 175 Å². The molecule has 5 N–H and O–H groups in total. The summed E-state index contributed by atoms with van der Waals surface area (Å²) in [7, 11) is 0. The molecule has 0 radical (unpaired) electrons. The lowest BCUT2D eigenvalue weighted by molar-refractivity contribution is -0.144. The smallest absolute Gasteiger partial charge is 0.407 e. The predicted octanol–water partition coefficient (Wildman–Crippen LogP) is 4.59. The lowest BCUT2D eigenvalue weighted by Gasteiger charge is -2.42. The third-order valence-corrected chi connectivity index (χ3v) is 11.9. The molecule has 0 aromatic heterocycles. The number of urea groups is 1. The van der Waals surface area contributed by atoms with E-state index in [1.54, 1.807) is 4.90 Å². The van der Waals surface area contributed by atoms with Gasteiger partial charge >= 0.3 is 12.1 Å². The van der Waals surface area contributed by atoms with Crippen LogP contribution >= 0.6 is 0 Å². The fraction of sp³-hybridized carbons (Fsp3) is 0.800. The Bertz CT molecular complexity index is 1330. The van der Waals surface area contributed by atoms with Crippen LogP contribution in [0.15, 0.2) is 12.7 Å². The van der Waals surface area contributed by atoms with Gasteiger partial charge < -0.3 is 36.2 Å². The number of likely N-dealkylation sites (tertiary alicyclic amines) is 1. The Morgan fingerprint density at radius 1 is 0.925 bits per heavy atom. The van der Waals surface area contributed by atoms with Gasteiger partial charge in [0, 0.05) is 19.6 Å². The number of carbonyl (C=O) groups is 6. The summed E-state index contributed by atoms with van der Waals surface area (Å²) in [6.45, 7) is 16.6. The SMILES string of the molecule is C=CCNC(=O)C(=O)C(CCC1CC1)NC(=O)C1C[C@@H](C(C)C)CN1C(=O)[C@@H](NC(=O)NC(COC(=O)NCC1CC1)C(C)(C)C)C1(C)CCCCC1. The zero-order valence-electron chi connectivity index (χ0n) is 33.0. The van der Waals surface area contributed by atoms with Crippen molar-refractivity contribution < 1.29 is 33.5 Å². The van der Waals surface area contributed by atoms with Crippen LogP contribution in [0.3, 0.4) is 0 Å². The first-order chi connectivity index (χ1) is 25.0. The summed E-state index contributed by atoms with van der Waals surface area (Å²) in [5, 5.41) is 14.2. The van der Waals surface area contributed by atoms with Crippen molar-refractivity contribution in [3.63, 3.8) is 0 Å². The quantitative estimate of drug-likeness (QED) is 0.101. The van der Waals surface area contributed by atoms with E-state index in [1.165, 1.54) is 6.08 Å². The van der Waals surface area contributed by atoms with Gasteiger partial charge in [0.1, 0.15) is 18.7 Å². The molecule has 0 bridgehead atoms. The standard InChI is InChI=1S/C40H66N6O7/c1-8-20-41-35(49)32(47)29(17-16-26-12-13-26)43-34(48)30-21-28(25(2)3)23-46(30)36(50)33(40(7)18-10-9-11-19-40)45-37(51)44-31(39(4,5)6)24-53-38(52)42-22-27-14-15-27/h8,25-31,33H,1,9-24H2,2-7H3,(H,41,49)(H,42,52)(H,43,48)(H2,44,45,51)/t28-,29?,30?,31?,33-/m1/s1. The third kappa shape index (κ3) is 12.5. The average molecular weight is 743 g/mol. The number of ketones is 1. The lowest BCUT2D eigenvalue weighted by atomic mass is 9.70. The van der Waals surface area contributed by atoms with Gasteiger partial charge in [-0.15, -0.1) is 6.58 Å². The monoisotopic (exact) mass is 742 g/mol. The van der Waals surface area contributed by atoms with E-state index < -0.39 is 64.7 Å². The van der Waals surface area contributed by atoms with Crippen molar-refractivity contribution in [2.75, 3.05) is 26.2 Å². The fourth-order valence-corrected chi connectivity index (χ4v) is 7.55. The van der Waals surface area contributed by atoms with Gasteiger partial charge in [-0.3, -0.25) is 19.2 Å². The van der Waals surface area contributed by atoms with Crippen molar-refractivity contribution in [3.05, 3.63) is 12.7 Å². The Kier molecular flexibility index (Phi) is 14.8. The molecule has 5 atom stereocenters. The second kappa shape index (κ2) is 18.6. The molecule has 1 saturated heterocycles. The Morgan fingerprint density at radius 2 is 1.58 bits per heavy atom. The average Bonchev–Trinajstić information content (AvgIpc) is 4.06. The maximum atomic E-state index is 14.9. The minimum Gasteiger partial charge on any atom is -0.447 e. The highest BCUT2D eigenvalue weighted by atomic mass is 16.5. The number of hydrogen-bond donors (Lipinski definition) is 5. The van der Waals surface area contributed by atoms with Gasteiger partial charge in [-0.2, -0.15) is 0 Å².